The summed E-state index contributed by atoms with van der Waals surface area (Å²) in [7, 11) is 0. The van der Waals surface area contributed by atoms with Crippen molar-refractivity contribution >= 4 is 39.9 Å². The Morgan fingerprint density at radius 3 is 2.84 bits per heavy atom. The molecule has 19 heavy (non-hydrogen) atoms. The molecule has 0 unspecified atom stereocenters. The summed E-state index contributed by atoms with van der Waals surface area (Å²) in [5.41, 5.74) is 1.33. The van der Waals surface area contributed by atoms with Crippen LogP contribution in [0.5, 0.6) is 5.75 Å². The zero-order valence-corrected chi connectivity index (χ0v) is 10.8. The number of carboxylic acid groups (broad SMARTS) is 1. The van der Waals surface area contributed by atoms with Gasteiger partial charge in [-0.05, 0) is 0 Å². The molecule has 3 aromatic rings. The number of rotatable bonds is 2. The lowest BCUT2D eigenvalue weighted by Crippen LogP contribution is -1.91. The third kappa shape index (κ3) is 1.92. The third-order valence-electron chi connectivity index (χ3n) is 2.53. The number of carboxylic acids is 1. The number of carbonyl (C=O) groups is 1. The number of aromatic carboxylic acids is 1. The van der Waals surface area contributed by atoms with Crippen molar-refractivity contribution in [3.8, 4) is 10.8 Å². The van der Waals surface area contributed by atoms with Crippen molar-refractivity contribution in [3.05, 3.63) is 34.7 Å². The summed E-state index contributed by atoms with van der Waals surface area (Å²) < 4.78 is 1.65. The highest BCUT2D eigenvalue weighted by Gasteiger charge is 2.17. The monoisotopic (exact) mass is 295 g/mol. The largest absolute Gasteiger partial charge is 0.506 e. The predicted octanol–water partition coefficient (Wildman–Crippen LogP) is 2.54. The standard InChI is InChI=1S/C11H6ClN3O3S/c12-8-1-6-5(3-13-8)14-4-15(6)9-2-7(16)10(19-9)11(17)18/h1-4,16H,(H,17,18). The number of fused-ring (bicyclic) bond motifs is 1. The van der Waals surface area contributed by atoms with Crippen molar-refractivity contribution in [2.24, 2.45) is 0 Å². The first-order valence-electron chi connectivity index (χ1n) is 5.11. The first kappa shape index (κ1) is 11.9. The van der Waals surface area contributed by atoms with Gasteiger partial charge in [-0.1, -0.05) is 11.6 Å². The molecule has 8 heteroatoms. The van der Waals surface area contributed by atoms with E-state index in [9.17, 15) is 9.90 Å². The van der Waals surface area contributed by atoms with Gasteiger partial charge in [0.1, 0.15) is 27.7 Å². The SMILES string of the molecule is O=C(O)c1sc(-n2cnc3cnc(Cl)cc32)cc1O. The highest BCUT2D eigenvalue weighted by Crippen LogP contribution is 2.32. The first-order chi connectivity index (χ1) is 9.06. The zero-order chi connectivity index (χ0) is 13.6. The lowest BCUT2D eigenvalue weighted by Gasteiger charge is -1.99. The second-order valence-electron chi connectivity index (χ2n) is 3.71. The van der Waals surface area contributed by atoms with Gasteiger partial charge >= 0.3 is 5.97 Å². The van der Waals surface area contributed by atoms with Crippen LogP contribution in [-0.4, -0.2) is 30.7 Å². The van der Waals surface area contributed by atoms with Gasteiger partial charge in [0.05, 0.1) is 11.7 Å². The van der Waals surface area contributed by atoms with Gasteiger partial charge in [-0.2, -0.15) is 0 Å². The van der Waals surface area contributed by atoms with Crippen LogP contribution in [0.25, 0.3) is 16.0 Å². The molecule has 0 bridgehead atoms. The molecule has 0 aromatic carbocycles. The molecule has 0 aliphatic rings. The number of aromatic nitrogens is 3. The Labute approximate surface area is 115 Å². The molecule has 2 N–H and O–H groups in total. The van der Waals surface area contributed by atoms with Crippen molar-refractivity contribution in [2.45, 2.75) is 0 Å². The van der Waals surface area contributed by atoms with Gasteiger partial charge in [-0.25, -0.2) is 14.8 Å². The Hall–Kier alpha value is -2.12. The van der Waals surface area contributed by atoms with Crippen molar-refractivity contribution in [1.82, 2.24) is 14.5 Å². The zero-order valence-electron chi connectivity index (χ0n) is 9.24. The topological polar surface area (TPSA) is 88.2 Å². The Balaban J connectivity index is 2.21. The molecule has 0 fully saturated rings. The molecule has 6 nitrogen and oxygen atoms in total. The Morgan fingerprint density at radius 2 is 2.16 bits per heavy atom. The molecule has 3 heterocycles. The number of thiophene rings is 1. The maximum Gasteiger partial charge on any atom is 0.349 e. The van der Waals surface area contributed by atoms with Gasteiger partial charge in [0.25, 0.3) is 0 Å². The quantitative estimate of drug-likeness (QED) is 0.709. The van der Waals surface area contributed by atoms with E-state index in [1.165, 1.54) is 18.6 Å². The molecule has 0 spiro atoms. The van der Waals surface area contributed by atoms with Crippen LogP contribution >= 0.6 is 22.9 Å². The average Bonchev–Trinajstić information content (AvgIpc) is 2.91. The van der Waals surface area contributed by atoms with E-state index in [1.54, 1.807) is 10.6 Å². The van der Waals surface area contributed by atoms with Crippen LogP contribution in [0.1, 0.15) is 9.67 Å². The van der Waals surface area contributed by atoms with Crippen LogP contribution in [0.15, 0.2) is 24.7 Å². The Kier molecular flexibility index (Phi) is 2.65. The molecule has 0 aliphatic carbocycles. The summed E-state index contributed by atoms with van der Waals surface area (Å²) in [6, 6.07) is 3.00. The molecule has 0 aliphatic heterocycles. The van der Waals surface area contributed by atoms with Crippen LogP contribution in [0, 0.1) is 0 Å². The third-order valence-corrected chi connectivity index (χ3v) is 3.85. The fraction of sp³-hybridized carbons (Fsp3) is 0. The number of hydrogen-bond donors (Lipinski definition) is 2. The van der Waals surface area contributed by atoms with Gasteiger partial charge in [-0.15, -0.1) is 11.3 Å². The smallest absolute Gasteiger partial charge is 0.349 e. The van der Waals surface area contributed by atoms with E-state index in [4.69, 9.17) is 16.7 Å². The van der Waals surface area contributed by atoms with Gasteiger partial charge in [0.15, 0.2) is 4.88 Å². The number of imidazole rings is 1. The number of nitrogens with zero attached hydrogens (tertiary/aromatic N) is 3. The maximum atomic E-state index is 10.9. The van der Waals surface area contributed by atoms with E-state index in [1.807, 2.05) is 0 Å². The van der Waals surface area contributed by atoms with Crippen molar-refractivity contribution in [3.63, 3.8) is 0 Å². The minimum absolute atomic E-state index is 0.114. The minimum atomic E-state index is -1.17. The van der Waals surface area contributed by atoms with Crippen LogP contribution in [-0.2, 0) is 0 Å². The molecule has 3 rings (SSSR count). The fourth-order valence-corrected chi connectivity index (χ4v) is 2.73. The van der Waals surface area contributed by atoms with Crippen LogP contribution in [0.4, 0.5) is 0 Å². The van der Waals surface area contributed by atoms with E-state index in [-0.39, 0.29) is 10.6 Å². The van der Waals surface area contributed by atoms with Gasteiger partial charge in [-0.3, -0.25) is 4.57 Å². The molecule has 0 amide bonds. The highest BCUT2D eigenvalue weighted by molar-refractivity contribution is 7.16. The summed E-state index contributed by atoms with van der Waals surface area (Å²) in [5.74, 6) is -1.44. The van der Waals surface area contributed by atoms with Crippen LogP contribution < -0.4 is 0 Å². The van der Waals surface area contributed by atoms with Crippen molar-refractivity contribution in [2.75, 3.05) is 0 Å². The highest BCUT2D eigenvalue weighted by atomic mass is 35.5. The second-order valence-corrected chi connectivity index (χ2v) is 5.13. The van der Waals surface area contributed by atoms with Crippen LogP contribution in [0.2, 0.25) is 5.15 Å². The normalized spacial score (nSPS) is 11.0. The summed E-state index contributed by atoms with van der Waals surface area (Å²) in [4.78, 5) is 18.9. The van der Waals surface area contributed by atoms with Gasteiger partial charge < -0.3 is 10.2 Å². The number of pyridine rings is 1. The Morgan fingerprint density at radius 1 is 1.37 bits per heavy atom. The van der Waals surface area contributed by atoms with Gasteiger partial charge in [0.2, 0.25) is 0 Å². The van der Waals surface area contributed by atoms with Crippen LogP contribution in [0.3, 0.4) is 0 Å². The summed E-state index contributed by atoms with van der Waals surface area (Å²) in [6.45, 7) is 0. The molecule has 0 atom stereocenters. The molecule has 0 radical (unpaired) electrons. The van der Waals surface area contributed by atoms with E-state index < -0.39 is 5.97 Å². The van der Waals surface area contributed by atoms with Crippen molar-refractivity contribution in [1.29, 1.82) is 0 Å². The van der Waals surface area contributed by atoms with Gasteiger partial charge in [0, 0.05) is 12.1 Å². The summed E-state index contributed by atoms with van der Waals surface area (Å²) in [6.07, 6.45) is 3.05. The number of aromatic hydroxyl groups is 1. The van der Waals surface area contributed by atoms with E-state index >= 15 is 0 Å². The maximum absolute atomic E-state index is 10.9. The minimum Gasteiger partial charge on any atom is -0.506 e. The predicted molar refractivity (Wildman–Crippen MR) is 70.4 cm³/mol. The molecule has 0 saturated carbocycles. The number of hydrogen-bond acceptors (Lipinski definition) is 5. The average molecular weight is 296 g/mol. The molecule has 96 valence electrons. The van der Waals surface area contributed by atoms with E-state index in [0.29, 0.717) is 21.2 Å². The summed E-state index contributed by atoms with van der Waals surface area (Å²) >= 11 is 6.79. The summed E-state index contributed by atoms with van der Waals surface area (Å²) in [5, 5.41) is 19.4. The first-order valence-corrected chi connectivity index (χ1v) is 6.31. The van der Waals surface area contributed by atoms with E-state index in [2.05, 4.69) is 9.97 Å². The van der Waals surface area contributed by atoms with Crippen molar-refractivity contribution < 1.29 is 15.0 Å². The number of halogens is 1. The molecule has 3 aromatic heterocycles. The molecular weight excluding hydrogens is 290 g/mol. The molecule has 0 saturated heterocycles. The Bertz CT molecular complexity index is 796. The van der Waals surface area contributed by atoms with E-state index in [0.717, 1.165) is 11.3 Å². The fourth-order valence-electron chi connectivity index (χ4n) is 1.70. The lowest BCUT2D eigenvalue weighted by molar-refractivity contribution is 0.0699. The molecular formula is C11H6ClN3O3S. The second kappa shape index (κ2) is 4.22. The lowest BCUT2D eigenvalue weighted by atomic mass is 10.4.